The Kier molecular flexibility index (Phi) is 5.09. The lowest BCUT2D eigenvalue weighted by molar-refractivity contribution is 0.262. The molecule has 2 aromatic rings. The van der Waals surface area contributed by atoms with Crippen molar-refractivity contribution in [2.75, 3.05) is 16.0 Å². The van der Waals surface area contributed by atoms with Crippen LogP contribution in [0.4, 0.5) is 22.0 Å². The van der Waals surface area contributed by atoms with E-state index in [9.17, 15) is 4.79 Å². The molecule has 0 bridgehead atoms. The summed E-state index contributed by atoms with van der Waals surface area (Å²) in [5, 5.41) is 9.01. The minimum Gasteiger partial charge on any atom is -0.381 e. The van der Waals surface area contributed by atoms with E-state index in [0.29, 0.717) is 11.9 Å². The summed E-state index contributed by atoms with van der Waals surface area (Å²) in [4.78, 5) is 16.2. The first-order valence-corrected chi connectivity index (χ1v) is 8.15. The van der Waals surface area contributed by atoms with Gasteiger partial charge in [-0.3, -0.25) is 5.32 Å². The lowest BCUT2D eigenvalue weighted by Crippen LogP contribution is -2.22. The minimum atomic E-state index is -0.295. The van der Waals surface area contributed by atoms with E-state index in [2.05, 4.69) is 20.9 Å². The molecule has 1 aromatic heterocycles. The monoisotopic (exact) mass is 310 g/mol. The van der Waals surface area contributed by atoms with E-state index in [-0.39, 0.29) is 6.03 Å². The van der Waals surface area contributed by atoms with E-state index >= 15 is 0 Å². The van der Waals surface area contributed by atoms with Crippen LogP contribution < -0.4 is 16.0 Å². The summed E-state index contributed by atoms with van der Waals surface area (Å²) >= 11 is 0. The van der Waals surface area contributed by atoms with Gasteiger partial charge in [-0.25, -0.2) is 9.78 Å². The molecule has 2 amide bonds. The highest BCUT2D eigenvalue weighted by atomic mass is 16.2. The zero-order chi connectivity index (χ0) is 15.9. The average molecular weight is 310 g/mol. The number of carbonyl (C=O) groups excluding carboxylic acids is 1. The van der Waals surface area contributed by atoms with Crippen LogP contribution in [0.1, 0.15) is 32.1 Å². The third-order valence-corrected chi connectivity index (χ3v) is 4.01. The number of nitrogens with one attached hydrogen (secondary N) is 3. The maximum atomic E-state index is 11.9. The molecule has 0 unspecified atom stereocenters. The summed E-state index contributed by atoms with van der Waals surface area (Å²) in [6.45, 7) is 0. The third kappa shape index (κ3) is 4.71. The number of aromatic nitrogens is 1. The fraction of sp³-hybridized carbons (Fsp3) is 0.333. The van der Waals surface area contributed by atoms with E-state index in [1.54, 1.807) is 6.20 Å². The highest BCUT2D eigenvalue weighted by Crippen LogP contribution is 2.21. The molecule has 5 nitrogen and oxygen atoms in total. The van der Waals surface area contributed by atoms with Crippen molar-refractivity contribution < 1.29 is 4.79 Å². The molecular formula is C18H22N4O. The zero-order valence-electron chi connectivity index (χ0n) is 13.1. The van der Waals surface area contributed by atoms with Gasteiger partial charge in [0.15, 0.2) is 0 Å². The molecule has 0 aliphatic heterocycles. The molecule has 1 aliphatic carbocycles. The van der Waals surface area contributed by atoms with Gasteiger partial charge in [0, 0.05) is 11.7 Å². The van der Waals surface area contributed by atoms with Crippen molar-refractivity contribution >= 4 is 23.2 Å². The Hall–Kier alpha value is -2.56. The highest BCUT2D eigenvalue weighted by molar-refractivity contribution is 5.99. The minimum absolute atomic E-state index is 0.295. The fourth-order valence-electron chi connectivity index (χ4n) is 2.84. The van der Waals surface area contributed by atoms with Crippen LogP contribution in [0, 0.1) is 0 Å². The average Bonchev–Trinajstić information content (AvgIpc) is 2.58. The fourth-order valence-corrected chi connectivity index (χ4v) is 2.84. The Balaban J connectivity index is 1.51. The van der Waals surface area contributed by atoms with Crippen LogP contribution >= 0.6 is 0 Å². The Morgan fingerprint density at radius 3 is 2.39 bits per heavy atom. The van der Waals surface area contributed by atoms with Gasteiger partial charge in [0.05, 0.1) is 11.9 Å². The maximum absolute atomic E-state index is 11.9. The lowest BCUT2D eigenvalue weighted by Gasteiger charge is -2.23. The number of rotatable bonds is 4. The molecule has 3 rings (SSSR count). The van der Waals surface area contributed by atoms with Crippen molar-refractivity contribution in [3.63, 3.8) is 0 Å². The molecule has 1 aliphatic rings. The summed E-state index contributed by atoms with van der Waals surface area (Å²) in [5.41, 5.74) is 1.76. The molecule has 3 N–H and O–H groups in total. The first kappa shape index (κ1) is 15.3. The number of urea groups is 1. The van der Waals surface area contributed by atoms with Crippen LogP contribution in [0.2, 0.25) is 0 Å². The van der Waals surface area contributed by atoms with E-state index in [1.807, 2.05) is 42.5 Å². The van der Waals surface area contributed by atoms with Gasteiger partial charge >= 0.3 is 6.03 Å². The molecule has 0 atom stereocenters. The molecule has 23 heavy (non-hydrogen) atoms. The van der Waals surface area contributed by atoms with Gasteiger partial charge in [-0.1, -0.05) is 37.5 Å². The molecule has 1 aromatic carbocycles. The quantitative estimate of drug-likeness (QED) is 0.780. The Morgan fingerprint density at radius 1 is 0.913 bits per heavy atom. The van der Waals surface area contributed by atoms with Crippen LogP contribution in [0.15, 0.2) is 48.7 Å². The van der Waals surface area contributed by atoms with Crippen molar-refractivity contribution in [3.05, 3.63) is 48.7 Å². The second kappa shape index (κ2) is 7.63. The smallest absolute Gasteiger partial charge is 0.324 e. The highest BCUT2D eigenvalue weighted by Gasteiger charge is 2.13. The summed E-state index contributed by atoms with van der Waals surface area (Å²) in [6, 6.07) is 13.4. The van der Waals surface area contributed by atoms with E-state index < -0.39 is 0 Å². The molecule has 1 heterocycles. The molecular weight excluding hydrogens is 288 g/mol. The van der Waals surface area contributed by atoms with Crippen molar-refractivity contribution in [2.45, 2.75) is 38.1 Å². The second-order valence-electron chi connectivity index (χ2n) is 5.86. The van der Waals surface area contributed by atoms with Crippen LogP contribution in [0.25, 0.3) is 0 Å². The van der Waals surface area contributed by atoms with Gasteiger partial charge < -0.3 is 10.6 Å². The maximum Gasteiger partial charge on any atom is 0.324 e. The predicted octanol–water partition coefficient (Wildman–Crippen LogP) is 4.47. The third-order valence-electron chi connectivity index (χ3n) is 4.01. The normalized spacial score (nSPS) is 15.0. The zero-order valence-corrected chi connectivity index (χ0v) is 13.1. The van der Waals surface area contributed by atoms with E-state index in [0.717, 1.165) is 11.4 Å². The number of amides is 2. The molecule has 0 spiro atoms. The second-order valence-corrected chi connectivity index (χ2v) is 5.86. The number of hydrogen-bond acceptors (Lipinski definition) is 3. The lowest BCUT2D eigenvalue weighted by atomic mass is 9.95. The van der Waals surface area contributed by atoms with Crippen LogP contribution in [-0.2, 0) is 0 Å². The van der Waals surface area contributed by atoms with Gasteiger partial charge in [-0.2, -0.15) is 0 Å². The topological polar surface area (TPSA) is 66.1 Å². The summed E-state index contributed by atoms with van der Waals surface area (Å²) in [5.74, 6) is 0.535. The molecule has 0 saturated heterocycles. The van der Waals surface area contributed by atoms with Crippen molar-refractivity contribution in [3.8, 4) is 0 Å². The summed E-state index contributed by atoms with van der Waals surface area (Å²) in [6.07, 6.45) is 8.15. The van der Waals surface area contributed by atoms with Gasteiger partial charge in [0.2, 0.25) is 0 Å². The Morgan fingerprint density at radius 2 is 1.70 bits per heavy atom. The Labute approximate surface area is 136 Å². The predicted molar refractivity (Wildman–Crippen MR) is 93.8 cm³/mol. The van der Waals surface area contributed by atoms with Crippen molar-refractivity contribution in [2.24, 2.45) is 0 Å². The molecule has 5 heteroatoms. The standard InChI is InChI=1S/C18H22N4O/c23-18(21-15-9-5-2-6-10-15)22-17-12-11-16(13-19-17)20-14-7-3-1-4-8-14/h2,5-6,9-14,20H,1,3-4,7-8H2,(H2,19,21,22,23). The number of pyridine rings is 1. The SMILES string of the molecule is O=C(Nc1ccccc1)Nc1ccc(NC2CCCCC2)cn1. The van der Waals surface area contributed by atoms with Crippen molar-refractivity contribution in [1.29, 1.82) is 0 Å². The van der Waals surface area contributed by atoms with Gasteiger partial charge in [0.1, 0.15) is 5.82 Å². The number of hydrogen-bond donors (Lipinski definition) is 3. The van der Waals surface area contributed by atoms with Gasteiger partial charge in [-0.05, 0) is 37.1 Å². The van der Waals surface area contributed by atoms with Gasteiger partial charge in [-0.15, -0.1) is 0 Å². The molecule has 0 radical (unpaired) electrons. The summed E-state index contributed by atoms with van der Waals surface area (Å²) < 4.78 is 0. The number of carbonyl (C=O) groups is 1. The molecule has 120 valence electrons. The van der Waals surface area contributed by atoms with Crippen LogP contribution in [0.3, 0.4) is 0 Å². The number of benzene rings is 1. The van der Waals surface area contributed by atoms with Crippen molar-refractivity contribution in [1.82, 2.24) is 4.98 Å². The Bertz CT molecular complexity index is 621. The number of para-hydroxylation sites is 1. The number of anilines is 3. The largest absolute Gasteiger partial charge is 0.381 e. The molecule has 1 fully saturated rings. The summed E-state index contributed by atoms with van der Waals surface area (Å²) in [7, 11) is 0. The van der Waals surface area contributed by atoms with Crippen LogP contribution in [-0.4, -0.2) is 17.1 Å². The van der Waals surface area contributed by atoms with Gasteiger partial charge in [0.25, 0.3) is 0 Å². The first-order valence-electron chi connectivity index (χ1n) is 8.15. The van der Waals surface area contributed by atoms with E-state index in [4.69, 9.17) is 0 Å². The first-order chi connectivity index (χ1) is 11.3. The number of nitrogens with zero attached hydrogens (tertiary/aromatic N) is 1. The van der Waals surface area contributed by atoms with Crippen LogP contribution in [0.5, 0.6) is 0 Å². The molecule has 1 saturated carbocycles. The van der Waals surface area contributed by atoms with E-state index in [1.165, 1.54) is 32.1 Å².